The van der Waals surface area contributed by atoms with Gasteiger partial charge in [-0.3, -0.25) is 14.4 Å². The first kappa shape index (κ1) is 18.0. The van der Waals surface area contributed by atoms with Crippen LogP contribution in [-0.4, -0.2) is 39.8 Å². The van der Waals surface area contributed by atoms with Crippen molar-refractivity contribution in [1.82, 2.24) is 9.88 Å². The Morgan fingerprint density at radius 1 is 1.00 bits per heavy atom. The van der Waals surface area contributed by atoms with Gasteiger partial charge in [0.25, 0.3) is 5.91 Å². The Morgan fingerprint density at radius 3 is 2.39 bits per heavy atom. The number of rotatable bonds is 3. The maximum absolute atomic E-state index is 13.0. The van der Waals surface area contributed by atoms with Crippen molar-refractivity contribution in [3.8, 4) is 5.75 Å². The van der Waals surface area contributed by atoms with Crippen LogP contribution in [-0.2, 0) is 0 Å². The van der Waals surface area contributed by atoms with E-state index in [1.165, 1.54) is 18.2 Å². The Kier molecular flexibility index (Phi) is 4.69. The van der Waals surface area contributed by atoms with E-state index in [0.29, 0.717) is 42.6 Å². The fraction of sp³-hybridized carbons (Fsp3) is 0.227. The number of phenols is 1. The second-order valence-corrected chi connectivity index (χ2v) is 7.07. The van der Waals surface area contributed by atoms with Crippen molar-refractivity contribution < 1.29 is 14.7 Å². The number of nitrogens with one attached hydrogen (secondary N) is 1. The first-order valence-electron chi connectivity index (χ1n) is 9.27. The monoisotopic (exact) mass is 376 g/mol. The first-order valence-corrected chi connectivity index (χ1v) is 9.27. The van der Waals surface area contributed by atoms with E-state index in [2.05, 4.69) is 4.98 Å². The van der Waals surface area contributed by atoms with E-state index in [-0.39, 0.29) is 28.9 Å². The van der Waals surface area contributed by atoms with Crippen LogP contribution in [0.1, 0.15) is 33.6 Å². The highest BCUT2D eigenvalue weighted by Gasteiger charge is 2.29. The number of hydrogen-bond acceptors (Lipinski definition) is 4. The SMILES string of the molecule is O=C(c1ccc(O)cc1)C1CCN(C(=O)c2cc(=O)[nH]c3ccccc23)CC1. The number of pyridine rings is 1. The van der Waals surface area contributed by atoms with Gasteiger partial charge in [-0.05, 0) is 43.2 Å². The standard InChI is InChI=1S/C22H20N2O4/c25-16-7-5-14(6-8-16)21(27)15-9-11-24(12-10-15)22(28)18-13-20(26)23-19-4-2-1-3-17(18)19/h1-8,13,15,25H,9-12H2,(H,23,26). The number of amides is 1. The van der Waals surface area contributed by atoms with Gasteiger partial charge in [0.15, 0.2) is 5.78 Å². The predicted octanol–water partition coefficient (Wildman–Crippen LogP) is 2.97. The number of aromatic nitrogens is 1. The average Bonchev–Trinajstić information content (AvgIpc) is 2.73. The Hall–Kier alpha value is -3.41. The molecule has 1 aliphatic heterocycles. The lowest BCUT2D eigenvalue weighted by molar-refractivity contribution is 0.0652. The summed E-state index contributed by atoms with van der Waals surface area (Å²) in [6.45, 7) is 0.933. The largest absolute Gasteiger partial charge is 0.508 e. The van der Waals surface area contributed by atoms with Crippen molar-refractivity contribution in [1.29, 1.82) is 0 Å². The molecule has 0 aliphatic carbocycles. The highest BCUT2D eigenvalue weighted by Crippen LogP contribution is 2.25. The maximum atomic E-state index is 13.0. The molecule has 0 radical (unpaired) electrons. The maximum Gasteiger partial charge on any atom is 0.254 e. The lowest BCUT2D eigenvalue weighted by Crippen LogP contribution is -2.40. The molecular formula is C22H20N2O4. The summed E-state index contributed by atoms with van der Waals surface area (Å²) < 4.78 is 0. The van der Waals surface area contributed by atoms with Crippen LogP contribution in [0, 0.1) is 5.92 Å². The number of piperidine rings is 1. The molecule has 6 heteroatoms. The van der Waals surface area contributed by atoms with Crippen LogP contribution in [0.4, 0.5) is 0 Å². The molecule has 0 atom stereocenters. The van der Waals surface area contributed by atoms with E-state index in [4.69, 9.17) is 0 Å². The molecule has 0 saturated carbocycles. The van der Waals surface area contributed by atoms with Crippen molar-refractivity contribution >= 4 is 22.6 Å². The molecule has 1 fully saturated rings. The molecule has 4 rings (SSSR count). The van der Waals surface area contributed by atoms with E-state index >= 15 is 0 Å². The third-order valence-corrected chi connectivity index (χ3v) is 5.29. The van der Waals surface area contributed by atoms with E-state index in [1.807, 2.05) is 18.2 Å². The zero-order valence-electron chi connectivity index (χ0n) is 15.2. The van der Waals surface area contributed by atoms with Gasteiger partial charge >= 0.3 is 0 Å². The minimum absolute atomic E-state index is 0.0358. The molecule has 0 spiro atoms. The zero-order valence-corrected chi connectivity index (χ0v) is 15.2. The Labute approximate surface area is 161 Å². The molecule has 1 amide bonds. The third-order valence-electron chi connectivity index (χ3n) is 5.29. The van der Waals surface area contributed by atoms with Crippen molar-refractivity contribution in [3.63, 3.8) is 0 Å². The van der Waals surface area contributed by atoms with Crippen LogP contribution in [0.5, 0.6) is 5.75 Å². The van der Waals surface area contributed by atoms with Gasteiger partial charge in [-0.15, -0.1) is 0 Å². The summed E-state index contributed by atoms with van der Waals surface area (Å²) in [6, 6.07) is 14.8. The van der Waals surface area contributed by atoms with Gasteiger partial charge in [-0.25, -0.2) is 0 Å². The van der Waals surface area contributed by atoms with E-state index < -0.39 is 0 Å². The number of phenolic OH excluding ortho intramolecular Hbond substituents is 1. The fourth-order valence-electron chi connectivity index (χ4n) is 3.76. The normalized spacial score (nSPS) is 14.9. The topological polar surface area (TPSA) is 90.5 Å². The number of aromatic amines is 1. The van der Waals surface area contributed by atoms with Gasteiger partial charge in [0.2, 0.25) is 5.56 Å². The molecule has 142 valence electrons. The van der Waals surface area contributed by atoms with Crippen LogP contribution in [0.2, 0.25) is 0 Å². The number of likely N-dealkylation sites (tertiary alicyclic amines) is 1. The minimum Gasteiger partial charge on any atom is -0.508 e. The molecule has 3 aromatic rings. The Balaban J connectivity index is 1.50. The number of ketones is 1. The van der Waals surface area contributed by atoms with Gasteiger partial charge in [0.1, 0.15) is 5.75 Å². The number of aromatic hydroxyl groups is 1. The van der Waals surface area contributed by atoms with Gasteiger partial charge in [0.05, 0.1) is 5.56 Å². The molecule has 1 aliphatic rings. The number of fused-ring (bicyclic) bond motifs is 1. The molecule has 1 saturated heterocycles. The smallest absolute Gasteiger partial charge is 0.254 e. The number of nitrogens with zero attached hydrogens (tertiary/aromatic N) is 1. The van der Waals surface area contributed by atoms with Gasteiger partial charge in [-0.2, -0.15) is 0 Å². The summed E-state index contributed by atoms with van der Waals surface area (Å²) >= 11 is 0. The molecule has 2 aromatic carbocycles. The number of benzene rings is 2. The van der Waals surface area contributed by atoms with Crippen molar-refractivity contribution in [2.45, 2.75) is 12.8 Å². The number of para-hydroxylation sites is 1. The average molecular weight is 376 g/mol. The lowest BCUT2D eigenvalue weighted by atomic mass is 9.88. The Morgan fingerprint density at radius 2 is 1.68 bits per heavy atom. The fourth-order valence-corrected chi connectivity index (χ4v) is 3.76. The second kappa shape index (κ2) is 7.31. The summed E-state index contributed by atoms with van der Waals surface area (Å²) in [5.41, 5.74) is 1.29. The number of hydrogen-bond donors (Lipinski definition) is 2. The first-order chi connectivity index (χ1) is 13.5. The van der Waals surface area contributed by atoms with Crippen LogP contribution in [0.15, 0.2) is 59.4 Å². The molecule has 1 aromatic heterocycles. The molecule has 2 heterocycles. The molecule has 28 heavy (non-hydrogen) atoms. The van der Waals surface area contributed by atoms with Crippen LogP contribution < -0.4 is 5.56 Å². The predicted molar refractivity (Wildman–Crippen MR) is 106 cm³/mol. The summed E-state index contributed by atoms with van der Waals surface area (Å²) in [5, 5.41) is 10.1. The molecular weight excluding hydrogens is 356 g/mol. The molecule has 0 bridgehead atoms. The minimum atomic E-state index is -0.306. The molecule has 2 N–H and O–H groups in total. The summed E-state index contributed by atoms with van der Waals surface area (Å²) in [5.74, 6) is -0.168. The third kappa shape index (κ3) is 3.41. The van der Waals surface area contributed by atoms with E-state index in [9.17, 15) is 19.5 Å². The second-order valence-electron chi connectivity index (χ2n) is 7.07. The van der Waals surface area contributed by atoms with Gasteiger partial charge in [0, 0.05) is 41.5 Å². The van der Waals surface area contributed by atoms with Crippen LogP contribution in [0.25, 0.3) is 10.9 Å². The van der Waals surface area contributed by atoms with E-state index in [0.717, 1.165) is 5.39 Å². The number of carbonyl (C=O) groups excluding carboxylic acids is 2. The molecule has 0 unspecified atom stereocenters. The van der Waals surface area contributed by atoms with Crippen LogP contribution >= 0.6 is 0 Å². The van der Waals surface area contributed by atoms with Crippen molar-refractivity contribution in [3.05, 3.63) is 76.1 Å². The molecule has 6 nitrogen and oxygen atoms in total. The number of H-pyrrole nitrogens is 1. The quantitative estimate of drug-likeness (QED) is 0.688. The van der Waals surface area contributed by atoms with Gasteiger partial charge < -0.3 is 15.0 Å². The summed E-state index contributed by atoms with van der Waals surface area (Å²) in [7, 11) is 0. The van der Waals surface area contributed by atoms with E-state index in [1.54, 1.807) is 23.1 Å². The van der Waals surface area contributed by atoms with Crippen molar-refractivity contribution in [2.75, 3.05) is 13.1 Å². The summed E-state index contributed by atoms with van der Waals surface area (Å²) in [6.07, 6.45) is 1.15. The highest BCUT2D eigenvalue weighted by molar-refractivity contribution is 6.06. The number of carbonyl (C=O) groups is 2. The van der Waals surface area contributed by atoms with Crippen LogP contribution in [0.3, 0.4) is 0 Å². The Bertz CT molecular complexity index is 1090. The number of Topliss-reactive ketones (excluding diaryl/α,β-unsaturated/α-hetero) is 1. The van der Waals surface area contributed by atoms with Gasteiger partial charge in [-0.1, -0.05) is 18.2 Å². The van der Waals surface area contributed by atoms with Crippen molar-refractivity contribution in [2.24, 2.45) is 5.92 Å². The lowest BCUT2D eigenvalue weighted by Gasteiger charge is -2.31. The summed E-state index contributed by atoms with van der Waals surface area (Å²) in [4.78, 5) is 42.0. The highest BCUT2D eigenvalue weighted by atomic mass is 16.3. The zero-order chi connectivity index (χ0) is 19.7.